The Kier molecular flexibility index (Phi) is 9.27. The summed E-state index contributed by atoms with van der Waals surface area (Å²) in [5, 5.41) is 6.63. The highest BCUT2D eigenvalue weighted by atomic mass is 127. The molecule has 146 valence electrons. The van der Waals surface area contributed by atoms with Gasteiger partial charge in [-0.1, -0.05) is 36.4 Å². The summed E-state index contributed by atoms with van der Waals surface area (Å²) in [6, 6.07) is 23.8. The van der Waals surface area contributed by atoms with Crippen LogP contribution < -0.4 is 15.4 Å². The zero-order valence-electron chi connectivity index (χ0n) is 15.8. The number of ether oxygens (including phenoxy) is 1. The van der Waals surface area contributed by atoms with E-state index in [2.05, 4.69) is 20.6 Å². The normalized spacial score (nSPS) is 10.7. The summed E-state index contributed by atoms with van der Waals surface area (Å²) in [6.45, 7) is 1.47. The molecule has 0 aliphatic carbocycles. The Hall–Kier alpha value is -2.61. The number of halogens is 1. The SMILES string of the molecule is CN=C(NCCc1ccccn1)NCc1ccc(Oc2ccccc2)cc1.I. The lowest BCUT2D eigenvalue weighted by atomic mass is 10.2. The molecule has 0 aliphatic rings. The molecule has 0 saturated heterocycles. The van der Waals surface area contributed by atoms with Crippen LogP contribution in [0.4, 0.5) is 0 Å². The van der Waals surface area contributed by atoms with Crippen LogP contribution in [0, 0.1) is 0 Å². The number of hydrogen-bond acceptors (Lipinski definition) is 3. The minimum Gasteiger partial charge on any atom is -0.457 e. The van der Waals surface area contributed by atoms with Gasteiger partial charge in [0.05, 0.1) is 0 Å². The van der Waals surface area contributed by atoms with Crippen LogP contribution in [-0.2, 0) is 13.0 Å². The number of pyridine rings is 1. The van der Waals surface area contributed by atoms with Crippen molar-refractivity contribution in [2.45, 2.75) is 13.0 Å². The van der Waals surface area contributed by atoms with Gasteiger partial charge >= 0.3 is 0 Å². The third-order valence-corrected chi connectivity index (χ3v) is 3.99. The van der Waals surface area contributed by atoms with E-state index in [0.717, 1.165) is 41.7 Å². The van der Waals surface area contributed by atoms with E-state index < -0.39 is 0 Å². The smallest absolute Gasteiger partial charge is 0.191 e. The predicted octanol–water partition coefficient (Wildman–Crippen LogP) is 4.40. The number of hydrogen-bond donors (Lipinski definition) is 2. The molecule has 0 atom stereocenters. The van der Waals surface area contributed by atoms with Crippen molar-refractivity contribution in [1.29, 1.82) is 0 Å². The van der Waals surface area contributed by atoms with E-state index in [-0.39, 0.29) is 24.0 Å². The average molecular weight is 488 g/mol. The second-order valence-electron chi connectivity index (χ2n) is 5.98. The number of aliphatic imine (C=N–C) groups is 1. The molecule has 0 bridgehead atoms. The van der Waals surface area contributed by atoms with E-state index in [9.17, 15) is 0 Å². The van der Waals surface area contributed by atoms with Crippen molar-refractivity contribution in [3.8, 4) is 11.5 Å². The summed E-state index contributed by atoms with van der Waals surface area (Å²) < 4.78 is 5.81. The second kappa shape index (κ2) is 12.0. The van der Waals surface area contributed by atoms with Crippen molar-refractivity contribution in [2.75, 3.05) is 13.6 Å². The first-order valence-electron chi connectivity index (χ1n) is 9.00. The van der Waals surface area contributed by atoms with Gasteiger partial charge in [0.25, 0.3) is 0 Å². The van der Waals surface area contributed by atoms with Crippen molar-refractivity contribution in [2.24, 2.45) is 4.99 Å². The van der Waals surface area contributed by atoms with Crippen molar-refractivity contribution < 1.29 is 4.74 Å². The van der Waals surface area contributed by atoms with E-state index in [1.165, 1.54) is 0 Å². The zero-order chi connectivity index (χ0) is 18.7. The first-order chi connectivity index (χ1) is 13.3. The molecular weight excluding hydrogens is 463 g/mol. The Morgan fingerprint density at radius 2 is 1.61 bits per heavy atom. The van der Waals surface area contributed by atoms with Gasteiger partial charge < -0.3 is 15.4 Å². The van der Waals surface area contributed by atoms with E-state index in [1.54, 1.807) is 7.05 Å². The lowest BCUT2D eigenvalue weighted by molar-refractivity contribution is 0.482. The summed E-state index contributed by atoms with van der Waals surface area (Å²) in [5.41, 5.74) is 2.22. The molecule has 5 nitrogen and oxygen atoms in total. The molecule has 0 amide bonds. The maximum atomic E-state index is 5.81. The molecule has 0 spiro atoms. The van der Waals surface area contributed by atoms with E-state index in [1.807, 2.05) is 79.0 Å². The standard InChI is InChI=1S/C22H24N4O.HI/c1-23-22(25-16-14-19-7-5-6-15-24-19)26-17-18-10-12-21(13-11-18)27-20-8-3-2-4-9-20;/h2-13,15H,14,16-17H2,1H3,(H2,23,25,26);1H. The van der Waals surface area contributed by atoms with Crippen LogP contribution in [-0.4, -0.2) is 24.5 Å². The van der Waals surface area contributed by atoms with Gasteiger partial charge in [-0.2, -0.15) is 0 Å². The Bertz CT molecular complexity index is 839. The van der Waals surface area contributed by atoms with Gasteiger partial charge in [-0.05, 0) is 42.0 Å². The van der Waals surface area contributed by atoms with Crippen molar-refractivity contribution in [1.82, 2.24) is 15.6 Å². The Labute approximate surface area is 183 Å². The molecule has 2 aromatic carbocycles. The van der Waals surface area contributed by atoms with E-state index >= 15 is 0 Å². The minimum atomic E-state index is 0. The first kappa shape index (κ1) is 21.7. The van der Waals surface area contributed by atoms with Crippen molar-refractivity contribution in [3.63, 3.8) is 0 Å². The Morgan fingerprint density at radius 1 is 0.893 bits per heavy atom. The molecule has 0 unspecified atom stereocenters. The molecule has 3 aromatic rings. The van der Waals surface area contributed by atoms with Gasteiger partial charge in [-0.3, -0.25) is 9.98 Å². The second-order valence-corrected chi connectivity index (χ2v) is 5.98. The van der Waals surface area contributed by atoms with Crippen LogP contribution in [0.1, 0.15) is 11.3 Å². The highest BCUT2D eigenvalue weighted by Crippen LogP contribution is 2.20. The number of nitrogens with one attached hydrogen (secondary N) is 2. The Balaban J connectivity index is 0.00000280. The summed E-state index contributed by atoms with van der Waals surface area (Å²) in [6.07, 6.45) is 2.67. The highest BCUT2D eigenvalue weighted by molar-refractivity contribution is 14.0. The van der Waals surface area contributed by atoms with Crippen LogP contribution in [0.15, 0.2) is 84.0 Å². The summed E-state index contributed by atoms with van der Waals surface area (Å²) in [5.74, 6) is 2.43. The predicted molar refractivity (Wildman–Crippen MR) is 125 cm³/mol. The lowest BCUT2D eigenvalue weighted by Crippen LogP contribution is -2.37. The van der Waals surface area contributed by atoms with Crippen LogP contribution >= 0.6 is 24.0 Å². The summed E-state index contributed by atoms with van der Waals surface area (Å²) in [4.78, 5) is 8.58. The zero-order valence-corrected chi connectivity index (χ0v) is 18.2. The van der Waals surface area contributed by atoms with Crippen LogP contribution in [0.2, 0.25) is 0 Å². The molecule has 0 fully saturated rings. The number of para-hydroxylation sites is 1. The quantitative estimate of drug-likeness (QED) is 0.294. The molecule has 3 rings (SSSR count). The minimum absolute atomic E-state index is 0. The van der Waals surface area contributed by atoms with Crippen LogP contribution in [0.25, 0.3) is 0 Å². The van der Waals surface area contributed by atoms with Gasteiger partial charge in [0.15, 0.2) is 5.96 Å². The molecule has 1 aromatic heterocycles. The van der Waals surface area contributed by atoms with E-state index in [4.69, 9.17) is 4.74 Å². The lowest BCUT2D eigenvalue weighted by Gasteiger charge is -2.12. The molecule has 6 heteroatoms. The fourth-order valence-electron chi connectivity index (χ4n) is 2.56. The molecule has 1 heterocycles. The van der Waals surface area contributed by atoms with Gasteiger partial charge in [0, 0.05) is 38.4 Å². The third kappa shape index (κ3) is 7.19. The molecule has 2 N–H and O–H groups in total. The fraction of sp³-hybridized carbons (Fsp3) is 0.182. The van der Waals surface area contributed by atoms with Gasteiger partial charge in [0.1, 0.15) is 11.5 Å². The number of aromatic nitrogens is 1. The molecule has 0 aliphatic heterocycles. The number of rotatable bonds is 7. The fourth-order valence-corrected chi connectivity index (χ4v) is 2.56. The van der Waals surface area contributed by atoms with Gasteiger partial charge in [0.2, 0.25) is 0 Å². The molecule has 28 heavy (non-hydrogen) atoms. The van der Waals surface area contributed by atoms with Gasteiger partial charge in [-0.15, -0.1) is 24.0 Å². The molecule has 0 saturated carbocycles. The molecular formula is C22H25IN4O. The highest BCUT2D eigenvalue weighted by Gasteiger charge is 2.01. The van der Waals surface area contributed by atoms with Crippen LogP contribution in [0.3, 0.4) is 0 Å². The topological polar surface area (TPSA) is 58.5 Å². The van der Waals surface area contributed by atoms with E-state index in [0.29, 0.717) is 6.54 Å². The van der Waals surface area contributed by atoms with Crippen molar-refractivity contribution >= 4 is 29.9 Å². The maximum absolute atomic E-state index is 5.81. The summed E-state index contributed by atoms with van der Waals surface area (Å²) >= 11 is 0. The third-order valence-electron chi connectivity index (χ3n) is 3.99. The average Bonchev–Trinajstić information content (AvgIpc) is 2.73. The Morgan fingerprint density at radius 3 is 2.29 bits per heavy atom. The van der Waals surface area contributed by atoms with Gasteiger partial charge in [-0.25, -0.2) is 0 Å². The first-order valence-corrected chi connectivity index (χ1v) is 9.00. The number of nitrogens with zero attached hydrogens (tertiary/aromatic N) is 2. The van der Waals surface area contributed by atoms with Crippen LogP contribution in [0.5, 0.6) is 11.5 Å². The van der Waals surface area contributed by atoms with Crippen molar-refractivity contribution in [3.05, 3.63) is 90.3 Å². The largest absolute Gasteiger partial charge is 0.457 e. The molecule has 0 radical (unpaired) electrons. The maximum Gasteiger partial charge on any atom is 0.191 e. The number of guanidine groups is 1. The summed E-state index contributed by atoms with van der Waals surface area (Å²) in [7, 11) is 1.77. The number of benzene rings is 2. The monoisotopic (exact) mass is 488 g/mol.